The first-order valence-corrected chi connectivity index (χ1v) is 5.46. The van der Waals surface area contributed by atoms with E-state index in [9.17, 15) is 9.59 Å². The van der Waals surface area contributed by atoms with Crippen LogP contribution in [0.25, 0.3) is 0 Å². The van der Waals surface area contributed by atoms with E-state index in [4.69, 9.17) is 5.73 Å². The van der Waals surface area contributed by atoms with Gasteiger partial charge in [-0.05, 0) is 19.8 Å². The number of carbonyl (C=O) groups is 2. The Hall–Kier alpha value is -1.10. The number of nitrogens with zero attached hydrogens (tertiary/aromatic N) is 1. The maximum Gasteiger partial charge on any atom is 0.239 e. The lowest BCUT2D eigenvalue weighted by molar-refractivity contribution is -0.135. The summed E-state index contributed by atoms with van der Waals surface area (Å²) < 4.78 is 0. The summed E-state index contributed by atoms with van der Waals surface area (Å²) in [6.07, 6.45) is 2.06. The highest BCUT2D eigenvalue weighted by atomic mass is 16.2. The molecule has 0 aromatic heterocycles. The molecule has 3 N–H and O–H groups in total. The van der Waals surface area contributed by atoms with E-state index in [1.165, 1.54) is 0 Å². The molecule has 0 aromatic carbocycles. The van der Waals surface area contributed by atoms with Gasteiger partial charge in [-0.2, -0.15) is 0 Å². The molecule has 15 heavy (non-hydrogen) atoms. The average molecular weight is 213 g/mol. The third kappa shape index (κ3) is 3.51. The summed E-state index contributed by atoms with van der Waals surface area (Å²) in [5.41, 5.74) is 5.64. The number of nitrogens with two attached hydrogens (primary N) is 1. The van der Waals surface area contributed by atoms with Crippen LogP contribution in [0.2, 0.25) is 0 Å². The second-order valence-corrected chi connectivity index (χ2v) is 3.78. The minimum absolute atomic E-state index is 0.00977. The first-order chi connectivity index (χ1) is 7.15. The monoisotopic (exact) mass is 213 g/mol. The van der Waals surface area contributed by atoms with Crippen LogP contribution in [0.3, 0.4) is 0 Å². The van der Waals surface area contributed by atoms with Crippen molar-refractivity contribution in [1.82, 2.24) is 10.2 Å². The molecule has 1 unspecified atom stereocenters. The maximum absolute atomic E-state index is 11.6. The fourth-order valence-corrected chi connectivity index (χ4v) is 1.71. The van der Waals surface area contributed by atoms with E-state index in [2.05, 4.69) is 5.32 Å². The van der Waals surface area contributed by atoms with Crippen molar-refractivity contribution in [2.75, 3.05) is 19.6 Å². The molecule has 1 saturated heterocycles. The highest BCUT2D eigenvalue weighted by Gasteiger charge is 2.25. The van der Waals surface area contributed by atoms with Gasteiger partial charge in [0.05, 0.1) is 6.04 Å². The van der Waals surface area contributed by atoms with E-state index in [1.54, 1.807) is 4.90 Å². The van der Waals surface area contributed by atoms with Gasteiger partial charge in [-0.3, -0.25) is 9.59 Å². The van der Waals surface area contributed by atoms with Crippen molar-refractivity contribution in [3.05, 3.63) is 0 Å². The molecule has 2 amide bonds. The van der Waals surface area contributed by atoms with Crippen LogP contribution in [0.1, 0.15) is 26.2 Å². The Balaban J connectivity index is 2.31. The molecule has 0 aromatic rings. The second-order valence-electron chi connectivity index (χ2n) is 3.78. The average Bonchev–Trinajstić information content (AvgIpc) is 2.21. The summed E-state index contributed by atoms with van der Waals surface area (Å²) in [7, 11) is 0. The summed E-state index contributed by atoms with van der Waals surface area (Å²) >= 11 is 0. The Kier molecular flexibility index (Phi) is 4.55. The molecule has 0 spiro atoms. The van der Waals surface area contributed by atoms with Gasteiger partial charge >= 0.3 is 0 Å². The van der Waals surface area contributed by atoms with Gasteiger partial charge in [0.15, 0.2) is 0 Å². The lowest BCUT2D eigenvalue weighted by atomic mass is 10.1. The molecule has 0 radical (unpaired) electrons. The molecule has 1 atom stereocenters. The van der Waals surface area contributed by atoms with Crippen molar-refractivity contribution in [2.24, 2.45) is 5.73 Å². The number of hydrogen-bond acceptors (Lipinski definition) is 3. The largest absolute Gasteiger partial charge is 0.356 e. The molecular formula is C10H19N3O2. The third-order valence-electron chi connectivity index (χ3n) is 2.55. The highest BCUT2D eigenvalue weighted by Crippen LogP contribution is 2.09. The van der Waals surface area contributed by atoms with Crippen molar-refractivity contribution < 1.29 is 9.59 Å². The van der Waals surface area contributed by atoms with Crippen molar-refractivity contribution >= 4 is 11.8 Å². The zero-order chi connectivity index (χ0) is 11.3. The molecule has 1 fully saturated rings. The SMILES string of the molecule is CCNC(=O)CCN1CCCC(N)C1=O. The van der Waals surface area contributed by atoms with Gasteiger partial charge in [-0.15, -0.1) is 0 Å². The maximum atomic E-state index is 11.6. The molecule has 5 heteroatoms. The molecule has 1 rings (SSSR count). The fraction of sp³-hybridized carbons (Fsp3) is 0.800. The molecule has 0 bridgehead atoms. The number of hydrogen-bond donors (Lipinski definition) is 2. The first kappa shape index (κ1) is 12.0. The summed E-state index contributed by atoms with van der Waals surface area (Å²) in [5.74, 6) is -0.0324. The van der Waals surface area contributed by atoms with Crippen molar-refractivity contribution in [3.8, 4) is 0 Å². The van der Waals surface area contributed by atoms with Crippen LogP contribution in [0.15, 0.2) is 0 Å². The van der Waals surface area contributed by atoms with Crippen LogP contribution in [0, 0.1) is 0 Å². The summed E-state index contributed by atoms with van der Waals surface area (Å²) in [6, 6.07) is -0.368. The minimum Gasteiger partial charge on any atom is -0.356 e. The van der Waals surface area contributed by atoms with E-state index in [1.807, 2.05) is 6.92 Å². The Morgan fingerprint density at radius 1 is 1.67 bits per heavy atom. The number of amides is 2. The van der Waals surface area contributed by atoms with Gasteiger partial charge in [0.1, 0.15) is 0 Å². The van der Waals surface area contributed by atoms with Crippen LogP contribution >= 0.6 is 0 Å². The Morgan fingerprint density at radius 2 is 2.40 bits per heavy atom. The van der Waals surface area contributed by atoms with E-state index >= 15 is 0 Å². The molecule has 0 aliphatic carbocycles. The molecule has 1 aliphatic heterocycles. The van der Waals surface area contributed by atoms with E-state index in [-0.39, 0.29) is 17.9 Å². The summed E-state index contributed by atoms with van der Waals surface area (Å²) in [5, 5.41) is 2.70. The van der Waals surface area contributed by atoms with Gasteiger partial charge < -0.3 is 16.0 Å². The van der Waals surface area contributed by atoms with Gasteiger partial charge in [-0.1, -0.05) is 0 Å². The van der Waals surface area contributed by atoms with Crippen LogP contribution in [-0.4, -0.2) is 42.4 Å². The molecule has 1 heterocycles. The summed E-state index contributed by atoms with van der Waals surface area (Å²) in [4.78, 5) is 24.4. The predicted molar refractivity (Wildman–Crippen MR) is 57.1 cm³/mol. The summed E-state index contributed by atoms with van der Waals surface area (Å²) in [6.45, 7) is 3.72. The zero-order valence-corrected chi connectivity index (χ0v) is 9.16. The smallest absolute Gasteiger partial charge is 0.239 e. The third-order valence-corrected chi connectivity index (χ3v) is 2.55. The van der Waals surface area contributed by atoms with Crippen LogP contribution < -0.4 is 11.1 Å². The zero-order valence-electron chi connectivity index (χ0n) is 9.16. The number of nitrogens with one attached hydrogen (secondary N) is 1. The Bertz CT molecular complexity index is 243. The number of likely N-dealkylation sites (tertiary alicyclic amines) is 1. The molecule has 1 aliphatic rings. The van der Waals surface area contributed by atoms with Gasteiger partial charge in [0.25, 0.3) is 0 Å². The molecule has 5 nitrogen and oxygen atoms in total. The van der Waals surface area contributed by atoms with Crippen molar-refractivity contribution in [3.63, 3.8) is 0 Å². The highest BCUT2D eigenvalue weighted by molar-refractivity contribution is 5.83. The second kappa shape index (κ2) is 5.70. The van der Waals surface area contributed by atoms with Gasteiger partial charge in [0.2, 0.25) is 11.8 Å². The number of piperidine rings is 1. The lowest BCUT2D eigenvalue weighted by Crippen LogP contribution is -2.49. The minimum atomic E-state index is -0.368. The fourth-order valence-electron chi connectivity index (χ4n) is 1.71. The van der Waals surface area contributed by atoms with Crippen LogP contribution in [-0.2, 0) is 9.59 Å². The van der Waals surface area contributed by atoms with Crippen molar-refractivity contribution in [1.29, 1.82) is 0 Å². The molecule has 86 valence electrons. The van der Waals surface area contributed by atoms with Crippen LogP contribution in [0.5, 0.6) is 0 Å². The number of rotatable bonds is 4. The normalized spacial score (nSPS) is 21.6. The van der Waals surface area contributed by atoms with E-state index in [0.717, 1.165) is 19.4 Å². The standard InChI is InChI=1S/C10H19N3O2/c1-2-12-9(14)5-7-13-6-3-4-8(11)10(13)15/h8H,2-7,11H2,1H3,(H,12,14). The Labute approximate surface area is 90.0 Å². The Morgan fingerprint density at radius 3 is 3.07 bits per heavy atom. The molecular weight excluding hydrogens is 194 g/mol. The van der Waals surface area contributed by atoms with Gasteiger partial charge in [-0.25, -0.2) is 0 Å². The quantitative estimate of drug-likeness (QED) is 0.658. The molecule has 0 saturated carbocycles. The van der Waals surface area contributed by atoms with Gasteiger partial charge in [0, 0.05) is 26.1 Å². The van der Waals surface area contributed by atoms with Crippen LogP contribution in [0.4, 0.5) is 0 Å². The van der Waals surface area contributed by atoms with E-state index < -0.39 is 0 Å². The lowest BCUT2D eigenvalue weighted by Gasteiger charge is -2.30. The predicted octanol–water partition coefficient (Wildman–Crippen LogP) is -0.538. The first-order valence-electron chi connectivity index (χ1n) is 5.46. The van der Waals surface area contributed by atoms with Crippen molar-refractivity contribution in [2.45, 2.75) is 32.2 Å². The van der Waals surface area contributed by atoms with E-state index in [0.29, 0.717) is 19.5 Å². The topological polar surface area (TPSA) is 75.4 Å². The number of carbonyl (C=O) groups excluding carboxylic acids is 2.